The summed E-state index contributed by atoms with van der Waals surface area (Å²) >= 11 is 1.52. The molecule has 3 N–H and O–H groups in total. The van der Waals surface area contributed by atoms with Crippen LogP contribution in [0.2, 0.25) is 0 Å². The van der Waals surface area contributed by atoms with E-state index in [1.54, 1.807) is 12.1 Å². The minimum absolute atomic E-state index is 0.302. The number of aromatic nitrogens is 2. The standard InChI is InChI=1S/C22H23N5O4S/c1-13-10-14(2)24-22(23-13)32-12-16-4-6-17(7-5-16)21(30)27-26-19(28)15(3)25-20(29)18-8-9-31-11-18/h4-11,15H,12H2,1-3H3,(H,25,29)(H,26,28)(H,27,30). The van der Waals surface area contributed by atoms with Crippen LogP contribution in [0.5, 0.6) is 0 Å². The van der Waals surface area contributed by atoms with E-state index >= 15 is 0 Å². The number of benzene rings is 1. The highest BCUT2D eigenvalue weighted by atomic mass is 32.2. The molecule has 10 heteroatoms. The van der Waals surface area contributed by atoms with E-state index in [-0.39, 0.29) is 0 Å². The number of hydrogen-bond donors (Lipinski definition) is 3. The van der Waals surface area contributed by atoms with Crippen LogP contribution in [0.3, 0.4) is 0 Å². The van der Waals surface area contributed by atoms with Crippen molar-refractivity contribution in [3.05, 3.63) is 77.0 Å². The first kappa shape index (κ1) is 23.0. The summed E-state index contributed by atoms with van der Waals surface area (Å²) in [5, 5.41) is 3.22. The van der Waals surface area contributed by atoms with E-state index in [4.69, 9.17) is 4.42 Å². The van der Waals surface area contributed by atoms with Gasteiger partial charge in [-0.1, -0.05) is 23.9 Å². The Morgan fingerprint density at radius 1 is 0.969 bits per heavy atom. The van der Waals surface area contributed by atoms with Gasteiger partial charge in [0.15, 0.2) is 5.16 Å². The van der Waals surface area contributed by atoms with Crippen molar-refractivity contribution in [1.29, 1.82) is 0 Å². The van der Waals surface area contributed by atoms with Gasteiger partial charge in [-0.05, 0) is 50.6 Å². The molecule has 2 aromatic heterocycles. The fourth-order valence-corrected chi connectivity index (χ4v) is 3.60. The topological polar surface area (TPSA) is 126 Å². The molecule has 3 rings (SSSR count). The van der Waals surface area contributed by atoms with Gasteiger partial charge in [0.25, 0.3) is 17.7 Å². The summed E-state index contributed by atoms with van der Waals surface area (Å²) < 4.78 is 4.84. The van der Waals surface area contributed by atoms with E-state index < -0.39 is 23.8 Å². The molecule has 1 atom stereocenters. The van der Waals surface area contributed by atoms with Crippen molar-refractivity contribution in [1.82, 2.24) is 26.1 Å². The smallest absolute Gasteiger partial charge is 0.269 e. The number of nitrogens with zero attached hydrogens (tertiary/aromatic N) is 2. The molecule has 0 aliphatic heterocycles. The Labute approximate surface area is 189 Å². The lowest BCUT2D eigenvalue weighted by molar-refractivity contribution is -0.123. The second-order valence-electron chi connectivity index (χ2n) is 7.07. The maximum atomic E-state index is 12.3. The zero-order valence-corrected chi connectivity index (χ0v) is 18.7. The average Bonchev–Trinajstić information content (AvgIpc) is 3.30. The van der Waals surface area contributed by atoms with Gasteiger partial charge in [-0.2, -0.15) is 0 Å². The summed E-state index contributed by atoms with van der Waals surface area (Å²) in [6, 6.07) is 9.56. The molecule has 3 amide bonds. The van der Waals surface area contributed by atoms with E-state index in [0.717, 1.165) is 17.0 Å². The van der Waals surface area contributed by atoms with Crippen molar-refractivity contribution in [2.24, 2.45) is 0 Å². The highest BCUT2D eigenvalue weighted by molar-refractivity contribution is 7.98. The van der Waals surface area contributed by atoms with E-state index in [1.165, 1.54) is 37.3 Å². The number of thioether (sulfide) groups is 1. The predicted octanol–water partition coefficient (Wildman–Crippen LogP) is 2.56. The summed E-state index contributed by atoms with van der Waals surface area (Å²) in [5.74, 6) is -0.817. The maximum Gasteiger partial charge on any atom is 0.269 e. The van der Waals surface area contributed by atoms with Gasteiger partial charge in [0, 0.05) is 22.7 Å². The highest BCUT2D eigenvalue weighted by Gasteiger charge is 2.18. The number of carbonyl (C=O) groups is 3. The largest absolute Gasteiger partial charge is 0.472 e. The fourth-order valence-electron chi connectivity index (χ4n) is 2.70. The van der Waals surface area contributed by atoms with E-state index in [0.29, 0.717) is 22.0 Å². The lowest BCUT2D eigenvalue weighted by Gasteiger charge is -2.14. The molecular weight excluding hydrogens is 430 g/mol. The van der Waals surface area contributed by atoms with Crippen molar-refractivity contribution in [2.75, 3.05) is 0 Å². The van der Waals surface area contributed by atoms with Crippen LogP contribution in [0.25, 0.3) is 0 Å². The fraction of sp³-hybridized carbons (Fsp3) is 0.227. The normalized spacial score (nSPS) is 11.5. The van der Waals surface area contributed by atoms with Gasteiger partial charge in [-0.15, -0.1) is 0 Å². The van der Waals surface area contributed by atoms with Crippen molar-refractivity contribution in [3.8, 4) is 0 Å². The van der Waals surface area contributed by atoms with Gasteiger partial charge in [-0.3, -0.25) is 25.2 Å². The minimum Gasteiger partial charge on any atom is -0.472 e. The molecule has 166 valence electrons. The Balaban J connectivity index is 1.46. The predicted molar refractivity (Wildman–Crippen MR) is 119 cm³/mol. The Morgan fingerprint density at radius 3 is 2.28 bits per heavy atom. The second-order valence-corrected chi connectivity index (χ2v) is 8.01. The molecule has 1 unspecified atom stereocenters. The number of rotatable bonds is 7. The molecule has 9 nitrogen and oxygen atoms in total. The third-order valence-electron chi connectivity index (χ3n) is 4.37. The summed E-state index contributed by atoms with van der Waals surface area (Å²) in [5.41, 5.74) is 8.19. The minimum atomic E-state index is -0.857. The first-order valence-electron chi connectivity index (χ1n) is 9.79. The molecule has 0 saturated carbocycles. The zero-order chi connectivity index (χ0) is 23.1. The SMILES string of the molecule is Cc1cc(C)nc(SCc2ccc(C(=O)NNC(=O)C(C)NC(=O)c3ccoc3)cc2)n1. The number of hydrogen-bond acceptors (Lipinski definition) is 7. The van der Waals surface area contributed by atoms with E-state index in [2.05, 4.69) is 26.1 Å². The van der Waals surface area contributed by atoms with Crippen molar-refractivity contribution < 1.29 is 18.8 Å². The summed E-state index contributed by atoms with van der Waals surface area (Å²) in [4.78, 5) is 45.2. The Bertz CT molecular complexity index is 1080. The van der Waals surface area contributed by atoms with Crippen LogP contribution in [0, 0.1) is 13.8 Å². The molecule has 32 heavy (non-hydrogen) atoms. The van der Waals surface area contributed by atoms with Crippen LogP contribution in [-0.4, -0.2) is 33.7 Å². The van der Waals surface area contributed by atoms with Gasteiger partial charge in [0.1, 0.15) is 12.3 Å². The second kappa shape index (κ2) is 10.6. The first-order chi connectivity index (χ1) is 15.3. The maximum absolute atomic E-state index is 12.3. The number of hydrazine groups is 1. The highest BCUT2D eigenvalue weighted by Crippen LogP contribution is 2.20. The molecule has 0 aliphatic carbocycles. The van der Waals surface area contributed by atoms with Crippen molar-refractivity contribution >= 4 is 29.5 Å². The molecular formula is C22H23N5O4S. The van der Waals surface area contributed by atoms with Crippen LogP contribution in [-0.2, 0) is 10.5 Å². The van der Waals surface area contributed by atoms with Crippen LogP contribution in [0.15, 0.2) is 58.5 Å². The monoisotopic (exact) mass is 453 g/mol. The summed E-state index contributed by atoms with van der Waals surface area (Å²) in [7, 11) is 0. The quantitative estimate of drug-likeness (QED) is 0.285. The van der Waals surface area contributed by atoms with Gasteiger partial charge < -0.3 is 9.73 Å². The number of amides is 3. The van der Waals surface area contributed by atoms with Crippen LogP contribution in [0.4, 0.5) is 0 Å². The molecule has 0 aliphatic rings. The number of aryl methyl sites for hydroxylation is 2. The molecule has 2 heterocycles. The summed E-state index contributed by atoms with van der Waals surface area (Å²) in [6.45, 7) is 5.36. The van der Waals surface area contributed by atoms with Crippen LogP contribution in [0.1, 0.15) is 44.6 Å². The van der Waals surface area contributed by atoms with E-state index in [9.17, 15) is 14.4 Å². The molecule has 0 saturated heterocycles. The summed E-state index contributed by atoms with van der Waals surface area (Å²) in [6.07, 6.45) is 2.64. The van der Waals surface area contributed by atoms with Crippen LogP contribution < -0.4 is 16.2 Å². The lowest BCUT2D eigenvalue weighted by atomic mass is 10.1. The van der Waals surface area contributed by atoms with Gasteiger partial charge in [0.05, 0.1) is 11.8 Å². The third kappa shape index (κ3) is 6.42. The lowest BCUT2D eigenvalue weighted by Crippen LogP contribution is -2.51. The van der Waals surface area contributed by atoms with Crippen molar-refractivity contribution in [3.63, 3.8) is 0 Å². The Kier molecular flexibility index (Phi) is 7.61. The third-order valence-corrected chi connectivity index (χ3v) is 5.29. The van der Waals surface area contributed by atoms with Gasteiger partial charge in [-0.25, -0.2) is 9.97 Å². The van der Waals surface area contributed by atoms with Gasteiger partial charge >= 0.3 is 0 Å². The zero-order valence-electron chi connectivity index (χ0n) is 17.8. The number of nitrogens with one attached hydrogen (secondary N) is 3. The molecule has 0 bridgehead atoms. The Hall–Kier alpha value is -3.66. The number of carbonyl (C=O) groups excluding carboxylic acids is 3. The van der Waals surface area contributed by atoms with Gasteiger partial charge in [0.2, 0.25) is 0 Å². The molecule has 3 aromatic rings. The molecule has 1 aromatic carbocycles. The Morgan fingerprint density at radius 2 is 1.66 bits per heavy atom. The molecule has 0 fully saturated rings. The average molecular weight is 454 g/mol. The molecule has 0 spiro atoms. The van der Waals surface area contributed by atoms with Crippen molar-refractivity contribution in [2.45, 2.75) is 37.7 Å². The molecule has 0 radical (unpaired) electrons. The first-order valence-corrected chi connectivity index (χ1v) is 10.8. The van der Waals surface area contributed by atoms with Crippen LogP contribution >= 0.6 is 11.8 Å². The van der Waals surface area contributed by atoms with E-state index in [1.807, 2.05) is 32.0 Å². The number of furan rings is 1.